The van der Waals surface area contributed by atoms with Crippen LogP contribution in [0, 0.1) is 25.2 Å². The summed E-state index contributed by atoms with van der Waals surface area (Å²) in [7, 11) is 0. The number of amides is 1. The first-order valence-corrected chi connectivity index (χ1v) is 11.6. The molecule has 6 nitrogen and oxygen atoms in total. The van der Waals surface area contributed by atoms with Crippen molar-refractivity contribution >= 4 is 17.2 Å². The summed E-state index contributed by atoms with van der Waals surface area (Å²) in [6.07, 6.45) is 3.24. The number of aryl methyl sites for hydroxylation is 2. The minimum absolute atomic E-state index is 0.106. The predicted molar refractivity (Wildman–Crippen MR) is 121 cm³/mol. The van der Waals surface area contributed by atoms with Crippen molar-refractivity contribution in [3.05, 3.63) is 51.0 Å². The van der Waals surface area contributed by atoms with E-state index in [1.54, 1.807) is 24.3 Å². The molecule has 2 aromatic rings. The number of rotatable bonds is 8. The lowest BCUT2D eigenvalue weighted by atomic mass is 10.0. The zero-order chi connectivity index (χ0) is 21.5. The Hall–Kier alpha value is -2.27. The molecule has 2 N–H and O–H groups in total. The second kappa shape index (κ2) is 10.7. The number of carbonyl (C=O) groups is 1. The van der Waals surface area contributed by atoms with Crippen LogP contribution in [0.5, 0.6) is 0 Å². The average molecular weight is 426 g/mol. The number of hydrogen-bond acceptors (Lipinski definition) is 6. The highest BCUT2D eigenvalue weighted by Crippen LogP contribution is 2.17. The van der Waals surface area contributed by atoms with Gasteiger partial charge in [0.1, 0.15) is 11.8 Å². The summed E-state index contributed by atoms with van der Waals surface area (Å²) in [4.78, 5) is 19.3. The Labute approximate surface area is 183 Å². The van der Waals surface area contributed by atoms with E-state index in [9.17, 15) is 4.79 Å². The molecule has 30 heavy (non-hydrogen) atoms. The maximum absolute atomic E-state index is 12.6. The topological polar surface area (TPSA) is 81.0 Å². The highest BCUT2D eigenvalue weighted by molar-refractivity contribution is 7.07. The van der Waals surface area contributed by atoms with Crippen LogP contribution in [-0.2, 0) is 6.54 Å². The van der Waals surface area contributed by atoms with Gasteiger partial charge in [-0.3, -0.25) is 4.79 Å². The number of nitrogens with one attached hydrogen (secondary N) is 2. The lowest BCUT2D eigenvalue weighted by Crippen LogP contribution is -2.46. The normalized spacial score (nSPS) is 16.2. The van der Waals surface area contributed by atoms with Gasteiger partial charge in [-0.2, -0.15) is 16.6 Å². The van der Waals surface area contributed by atoms with E-state index in [1.165, 1.54) is 5.56 Å². The van der Waals surface area contributed by atoms with E-state index in [1.807, 2.05) is 13.0 Å². The largest absolute Gasteiger partial charge is 0.352 e. The van der Waals surface area contributed by atoms with Gasteiger partial charge in [0.15, 0.2) is 0 Å². The van der Waals surface area contributed by atoms with E-state index >= 15 is 0 Å². The van der Waals surface area contributed by atoms with Crippen LogP contribution in [0.25, 0.3) is 0 Å². The van der Waals surface area contributed by atoms with Gasteiger partial charge in [-0.05, 0) is 87.1 Å². The van der Waals surface area contributed by atoms with Crippen LogP contribution in [0.15, 0.2) is 22.9 Å². The monoisotopic (exact) mass is 425 g/mol. The summed E-state index contributed by atoms with van der Waals surface area (Å²) in [5.41, 5.74) is 3.70. The quantitative estimate of drug-likeness (QED) is 0.678. The van der Waals surface area contributed by atoms with Crippen molar-refractivity contribution in [1.29, 1.82) is 5.26 Å². The molecule has 3 rings (SSSR count). The first kappa shape index (κ1) is 22.4. The third-order valence-corrected chi connectivity index (χ3v) is 6.65. The van der Waals surface area contributed by atoms with Crippen molar-refractivity contribution in [2.75, 3.05) is 19.6 Å². The van der Waals surface area contributed by atoms with E-state index in [4.69, 9.17) is 5.26 Å². The molecule has 1 aliphatic heterocycles. The number of pyridine rings is 1. The molecule has 7 heteroatoms. The lowest BCUT2D eigenvalue weighted by molar-refractivity contribution is 0.0942. The number of nitriles is 1. The molecule has 1 fully saturated rings. The summed E-state index contributed by atoms with van der Waals surface area (Å²) in [6.45, 7) is 9.65. The third-order valence-electron chi connectivity index (χ3n) is 5.91. The second-order valence-corrected chi connectivity index (χ2v) is 8.89. The Kier molecular flexibility index (Phi) is 7.97. The highest BCUT2D eigenvalue weighted by atomic mass is 32.1. The number of thiophene rings is 1. The molecule has 1 saturated heterocycles. The van der Waals surface area contributed by atoms with Crippen LogP contribution in [0.3, 0.4) is 0 Å². The van der Waals surface area contributed by atoms with E-state index in [0.29, 0.717) is 35.6 Å². The predicted octanol–water partition coefficient (Wildman–Crippen LogP) is 3.39. The highest BCUT2D eigenvalue weighted by Gasteiger charge is 2.22. The van der Waals surface area contributed by atoms with Gasteiger partial charge in [-0.1, -0.05) is 0 Å². The van der Waals surface area contributed by atoms with Crippen molar-refractivity contribution in [3.63, 3.8) is 0 Å². The van der Waals surface area contributed by atoms with Crippen molar-refractivity contribution in [1.82, 2.24) is 20.5 Å². The van der Waals surface area contributed by atoms with Crippen molar-refractivity contribution in [2.24, 2.45) is 0 Å². The zero-order valence-corrected chi connectivity index (χ0v) is 18.9. The molecule has 160 valence electrons. The van der Waals surface area contributed by atoms with E-state index in [-0.39, 0.29) is 5.91 Å². The maximum atomic E-state index is 12.6. The molecule has 0 aliphatic carbocycles. The van der Waals surface area contributed by atoms with Gasteiger partial charge in [0.05, 0.1) is 11.3 Å². The Morgan fingerprint density at radius 1 is 1.40 bits per heavy atom. The zero-order valence-electron chi connectivity index (χ0n) is 18.1. The van der Waals surface area contributed by atoms with Crippen LogP contribution in [0.4, 0.5) is 0 Å². The van der Waals surface area contributed by atoms with E-state index in [2.05, 4.69) is 44.3 Å². The standard InChI is InChI=1S/C23H31N5OS/c1-16-12-21(13-24)27-18(3)22(16)23(29)25-8-4-17(2)28-9-5-20(6-10-28)26-14-19-7-11-30-15-19/h7,11-12,15,17,20,26H,4-6,8-10,14H2,1-3H3,(H,25,29). The van der Waals surface area contributed by atoms with Gasteiger partial charge in [0, 0.05) is 25.2 Å². The summed E-state index contributed by atoms with van der Waals surface area (Å²) in [6, 6.07) is 6.90. The van der Waals surface area contributed by atoms with Gasteiger partial charge < -0.3 is 15.5 Å². The van der Waals surface area contributed by atoms with Gasteiger partial charge >= 0.3 is 0 Å². The number of carbonyl (C=O) groups excluding carboxylic acids is 1. The molecule has 0 saturated carbocycles. The molecule has 0 bridgehead atoms. The molecule has 1 atom stereocenters. The molecule has 2 aromatic heterocycles. The van der Waals surface area contributed by atoms with Crippen LogP contribution in [-0.4, -0.2) is 47.5 Å². The summed E-state index contributed by atoms with van der Waals surface area (Å²) in [5.74, 6) is -0.106. The fourth-order valence-electron chi connectivity index (χ4n) is 4.10. The molecule has 1 amide bonds. The molecule has 0 aromatic carbocycles. The number of piperidine rings is 1. The van der Waals surface area contributed by atoms with Crippen LogP contribution >= 0.6 is 11.3 Å². The molecular weight excluding hydrogens is 394 g/mol. The number of aromatic nitrogens is 1. The molecule has 1 unspecified atom stereocenters. The number of hydrogen-bond donors (Lipinski definition) is 2. The Balaban J connectivity index is 1.39. The Bertz CT molecular complexity index is 858. The Morgan fingerprint density at radius 3 is 2.80 bits per heavy atom. The first-order chi connectivity index (χ1) is 14.5. The minimum atomic E-state index is -0.106. The van der Waals surface area contributed by atoms with Crippen molar-refractivity contribution in [2.45, 2.75) is 58.7 Å². The number of nitrogens with zero attached hydrogens (tertiary/aromatic N) is 3. The smallest absolute Gasteiger partial charge is 0.253 e. The fraction of sp³-hybridized carbons (Fsp3) is 0.522. The fourth-order valence-corrected chi connectivity index (χ4v) is 4.77. The SMILES string of the molecule is Cc1cc(C#N)nc(C)c1C(=O)NCCC(C)N1CCC(NCc2ccsc2)CC1. The van der Waals surface area contributed by atoms with Crippen LogP contribution < -0.4 is 10.6 Å². The summed E-state index contributed by atoms with van der Waals surface area (Å²) >= 11 is 1.75. The third kappa shape index (κ3) is 5.88. The molecule has 1 aliphatic rings. The molecular formula is C23H31N5OS. The lowest BCUT2D eigenvalue weighted by Gasteiger charge is -2.36. The summed E-state index contributed by atoms with van der Waals surface area (Å²) in [5, 5.41) is 20.0. The Morgan fingerprint density at radius 2 is 2.17 bits per heavy atom. The van der Waals surface area contributed by atoms with E-state index < -0.39 is 0 Å². The van der Waals surface area contributed by atoms with E-state index in [0.717, 1.165) is 44.5 Å². The van der Waals surface area contributed by atoms with Crippen molar-refractivity contribution in [3.8, 4) is 6.07 Å². The summed E-state index contributed by atoms with van der Waals surface area (Å²) < 4.78 is 0. The molecule has 0 spiro atoms. The van der Waals surface area contributed by atoms with Crippen molar-refractivity contribution < 1.29 is 4.79 Å². The van der Waals surface area contributed by atoms with Crippen LogP contribution in [0.1, 0.15) is 59.1 Å². The van der Waals surface area contributed by atoms with Gasteiger partial charge in [0.2, 0.25) is 0 Å². The second-order valence-electron chi connectivity index (χ2n) is 8.11. The van der Waals surface area contributed by atoms with Crippen LogP contribution in [0.2, 0.25) is 0 Å². The minimum Gasteiger partial charge on any atom is -0.352 e. The van der Waals surface area contributed by atoms with Gasteiger partial charge in [-0.15, -0.1) is 0 Å². The number of likely N-dealkylation sites (tertiary alicyclic amines) is 1. The average Bonchev–Trinajstić information content (AvgIpc) is 3.25. The van der Waals surface area contributed by atoms with Gasteiger partial charge in [0.25, 0.3) is 5.91 Å². The first-order valence-electron chi connectivity index (χ1n) is 10.6. The molecule has 3 heterocycles. The van der Waals surface area contributed by atoms with Gasteiger partial charge in [-0.25, -0.2) is 4.98 Å². The molecule has 0 radical (unpaired) electrons. The maximum Gasteiger partial charge on any atom is 0.253 e.